The molecule has 2 aromatic carbocycles. The predicted octanol–water partition coefficient (Wildman–Crippen LogP) is 4.63. The molecule has 0 atom stereocenters. The molecule has 1 aliphatic rings. The minimum atomic E-state index is -0.0973. The number of pyridine rings is 2. The quantitative estimate of drug-likeness (QED) is 0.449. The molecule has 3 heterocycles. The Morgan fingerprint density at radius 1 is 0.889 bits per heavy atom. The first-order valence-corrected chi connectivity index (χ1v) is 11.5. The molecule has 0 spiro atoms. The molecule has 1 aliphatic heterocycles. The van der Waals surface area contributed by atoms with Crippen LogP contribution in [0.25, 0.3) is 11.1 Å². The summed E-state index contributed by atoms with van der Waals surface area (Å²) in [6, 6.07) is 22.3. The number of benzene rings is 2. The van der Waals surface area contributed by atoms with Gasteiger partial charge in [0.1, 0.15) is 18.1 Å². The molecule has 0 radical (unpaired) electrons. The van der Waals surface area contributed by atoms with Gasteiger partial charge in [0, 0.05) is 37.0 Å². The zero-order valence-corrected chi connectivity index (χ0v) is 20.0. The van der Waals surface area contributed by atoms with Crippen LogP contribution >= 0.6 is 0 Å². The molecule has 0 fully saturated rings. The Hall–Kier alpha value is -4.72. The van der Waals surface area contributed by atoms with Gasteiger partial charge >= 0.3 is 0 Å². The molecule has 0 saturated carbocycles. The summed E-state index contributed by atoms with van der Waals surface area (Å²) < 4.78 is 5.67. The van der Waals surface area contributed by atoms with Crippen molar-refractivity contribution < 1.29 is 14.3 Å². The summed E-state index contributed by atoms with van der Waals surface area (Å²) in [6.45, 7) is 0.830. The Morgan fingerprint density at radius 2 is 1.64 bits per heavy atom. The first-order valence-electron chi connectivity index (χ1n) is 11.5. The number of carbonyl (C=O) groups excluding carboxylic acids is 2. The summed E-state index contributed by atoms with van der Waals surface area (Å²) in [5, 5.41) is 3.25. The molecule has 180 valence electrons. The van der Waals surface area contributed by atoms with Gasteiger partial charge in [0.05, 0.1) is 18.4 Å². The smallest absolute Gasteiger partial charge is 0.258 e. The van der Waals surface area contributed by atoms with E-state index in [2.05, 4.69) is 15.3 Å². The number of anilines is 3. The van der Waals surface area contributed by atoms with Crippen LogP contribution in [0, 0.1) is 0 Å². The van der Waals surface area contributed by atoms with Gasteiger partial charge in [-0.25, -0.2) is 9.97 Å². The molecule has 8 heteroatoms. The van der Waals surface area contributed by atoms with E-state index in [-0.39, 0.29) is 11.8 Å². The van der Waals surface area contributed by atoms with Gasteiger partial charge in [-0.3, -0.25) is 9.59 Å². The number of carbonyl (C=O) groups is 2. The number of fused-ring (bicyclic) bond motifs is 1. The topological polar surface area (TPSA) is 87.7 Å². The number of rotatable bonds is 5. The van der Waals surface area contributed by atoms with Crippen LogP contribution in [0.5, 0.6) is 5.88 Å². The van der Waals surface area contributed by atoms with E-state index in [0.717, 1.165) is 11.1 Å². The molecule has 8 nitrogen and oxygen atoms in total. The normalized spacial score (nSPS) is 12.3. The zero-order chi connectivity index (χ0) is 25.1. The second-order valence-corrected chi connectivity index (χ2v) is 8.55. The summed E-state index contributed by atoms with van der Waals surface area (Å²) in [5.74, 6) is 0.931. The average molecular weight is 480 g/mol. The lowest BCUT2D eigenvalue weighted by molar-refractivity contribution is 0.0827. The van der Waals surface area contributed by atoms with Crippen LogP contribution in [0.2, 0.25) is 0 Å². The van der Waals surface area contributed by atoms with Gasteiger partial charge in [0.15, 0.2) is 0 Å². The zero-order valence-electron chi connectivity index (χ0n) is 20.0. The van der Waals surface area contributed by atoms with Gasteiger partial charge in [-0.15, -0.1) is 0 Å². The Bertz CT molecular complexity index is 1390. The van der Waals surface area contributed by atoms with Gasteiger partial charge in [0.25, 0.3) is 11.8 Å². The van der Waals surface area contributed by atoms with E-state index >= 15 is 0 Å². The van der Waals surface area contributed by atoms with Crippen LogP contribution in [-0.4, -0.2) is 53.9 Å². The average Bonchev–Trinajstić information content (AvgIpc) is 2.93. The van der Waals surface area contributed by atoms with Crippen LogP contribution in [0.4, 0.5) is 17.2 Å². The third-order valence-electron chi connectivity index (χ3n) is 5.85. The molecule has 36 heavy (non-hydrogen) atoms. The molecule has 0 bridgehead atoms. The van der Waals surface area contributed by atoms with E-state index in [0.29, 0.717) is 47.4 Å². The van der Waals surface area contributed by atoms with E-state index in [9.17, 15) is 9.59 Å². The molecule has 0 saturated heterocycles. The van der Waals surface area contributed by atoms with Crippen LogP contribution in [0.3, 0.4) is 0 Å². The summed E-state index contributed by atoms with van der Waals surface area (Å²) >= 11 is 0. The van der Waals surface area contributed by atoms with Crippen molar-refractivity contribution >= 4 is 29.0 Å². The molecule has 2 amide bonds. The third kappa shape index (κ3) is 4.74. The fraction of sp³-hybridized carbons (Fsp3) is 0.143. The second-order valence-electron chi connectivity index (χ2n) is 8.55. The van der Waals surface area contributed by atoms with E-state index < -0.39 is 0 Å². The van der Waals surface area contributed by atoms with Crippen LogP contribution in [-0.2, 0) is 0 Å². The molecule has 2 aromatic heterocycles. The fourth-order valence-corrected chi connectivity index (χ4v) is 3.97. The lowest BCUT2D eigenvalue weighted by atomic mass is 10.1. The van der Waals surface area contributed by atoms with Crippen molar-refractivity contribution in [1.29, 1.82) is 0 Å². The molecular weight excluding hydrogens is 454 g/mol. The maximum atomic E-state index is 13.1. The van der Waals surface area contributed by atoms with Crippen molar-refractivity contribution in [2.45, 2.75) is 0 Å². The maximum absolute atomic E-state index is 13.1. The maximum Gasteiger partial charge on any atom is 0.258 e. The molecule has 0 unspecified atom stereocenters. The number of hydrogen-bond acceptors (Lipinski definition) is 6. The van der Waals surface area contributed by atoms with Crippen molar-refractivity contribution in [3.8, 4) is 17.0 Å². The second kappa shape index (κ2) is 9.87. The highest BCUT2D eigenvalue weighted by Crippen LogP contribution is 2.33. The molecule has 0 aliphatic carbocycles. The van der Waals surface area contributed by atoms with Gasteiger partial charge < -0.3 is 19.9 Å². The summed E-state index contributed by atoms with van der Waals surface area (Å²) in [4.78, 5) is 37.4. The Kier molecular flexibility index (Phi) is 6.32. The van der Waals surface area contributed by atoms with Crippen LogP contribution in [0.1, 0.15) is 20.7 Å². The van der Waals surface area contributed by atoms with Gasteiger partial charge in [-0.05, 0) is 48.0 Å². The van der Waals surface area contributed by atoms with Crippen LogP contribution in [0.15, 0.2) is 85.2 Å². The number of nitrogens with zero attached hydrogens (tertiary/aromatic N) is 4. The summed E-state index contributed by atoms with van der Waals surface area (Å²) in [5.41, 5.74) is 4.45. The third-order valence-corrected chi connectivity index (χ3v) is 5.85. The highest BCUT2D eigenvalue weighted by atomic mass is 16.5. The minimum absolute atomic E-state index is 0.0349. The minimum Gasteiger partial charge on any atom is -0.474 e. The lowest BCUT2D eigenvalue weighted by Crippen LogP contribution is -2.38. The Labute approximate surface area is 209 Å². The Balaban J connectivity index is 1.33. The van der Waals surface area contributed by atoms with Crippen molar-refractivity contribution in [2.24, 2.45) is 0 Å². The molecule has 5 rings (SSSR count). The largest absolute Gasteiger partial charge is 0.474 e. The first-order chi connectivity index (χ1) is 17.5. The van der Waals surface area contributed by atoms with Crippen molar-refractivity contribution in [2.75, 3.05) is 37.5 Å². The van der Waals surface area contributed by atoms with E-state index in [4.69, 9.17) is 4.74 Å². The Morgan fingerprint density at radius 3 is 2.33 bits per heavy atom. The number of amides is 2. The van der Waals surface area contributed by atoms with E-state index in [1.165, 1.54) is 0 Å². The van der Waals surface area contributed by atoms with Crippen LogP contribution < -0.4 is 15.0 Å². The highest BCUT2D eigenvalue weighted by Gasteiger charge is 2.26. The number of aromatic nitrogens is 2. The molecular formula is C28H25N5O3. The summed E-state index contributed by atoms with van der Waals surface area (Å²) in [6.07, 6.45) is 3.43. The van der Waals surface area contributed by atoms with Gasteiger partial charge in [0.2, 0.25) is 5.88 Å². The predicted molar refractivity (Wildman–Crippen MR) is 139 cm³/mol. The number of hydrogen-bond donors (Lipinski definition) is 1. The fourth-order valence-electron chi connectivity index (χ4n) is 3.97. The van der Waals surface area contributed by atoms with Crippen molar-refractivity contribution in [1.82, 2.24) is 14.9 Å². The van der Waals surface area contributed by atoms with Gasteiger partial charge in [-0.1, -0.05) is 30.3 Å². The van der Waals surface area contributed by atoms with E-state index in [1.807, 2.05) is 60.7 Å². The van der Waals surface area contributed by atoms with Crippen molar-refractivity contribution in [3.63, 3.8) is 0 Å². The van der Waals surface area contributed by atoms with Crippen molar-refractivity contribution in [3.05, 3.63) is 96.3 Å². The number of nitrogens with one attached hydrogen (secondary N) is 1. The van der Waals surface area contributed by atoms with Gasteiger partial charge in [-0.2, -0.15) is 0 Å². The molecule has 4 aromatic rings. The van der Waals surface area contributed by atoms with E-state index in [1.54, 1.807) is 48.4 Å². The monoisotopic (exact) mass is 479 g/mol. The number of ether oxygens (including phenoxy) is 1. The SMILES string of the molecule is CN(C)C(=O)c1ccc(-c2ccc(Nc3cnc4c(c3)N(C(=O)c3ccccc3)CCO4)nc2)cc1. The standard InChI is InChI=1S/C28H25N5O3/c1-32(2)27(34)21-10-8-19(9-11-21)22-12-13-25(29-17-22)31-23-16-24-26(30-18-23)36-15-14-33(24)28(35)20-6-4-3-5-7-20/h3-13,16-18H,14-15H2,1-2H3,(H,29,31). The highest BCUT2D eigenvalue weighted by molar-refractivity contribution is 6.07. The lowest BCUT2D eigenvalue weighted by Gasteiger charge is -2.29. The summed E-state index contributed by atoms with van der Waals surface area (Å²) in [7, 11) is 3.46. The molecule has 1 N–H and O–H groups in total. The first kappa shape index (κ1) is 23.0.